The molecule has 114 valence electrons. The summed E-state index contributed by atoms with van der Waals surface area (Å²) in [7, 11) is 0. The van der Waals surface area contributed by atoms with Gasteiger partial charge in [-0.1, -0.05) is 13.8 Å². The molecule has 0 saturated carbocycles. The van der Waals surface area contributed by atoms with Crippen molar-refractivity contribution in [1.29, 1.82) is 0 Å². The third-order valence-corrected chi connectivity index (χ3v) is 4.28. The topological polar surface area (TPSA) is 92.9 Å². The Labute approximate surface area is 123 Å². The SMILES string of the molecule is CSC(C)(C)CNc1c(N)n(CC(C)C)c(=O)[nH]c1=O. The van der Waals surface area contributed by atoms with Crippen molar-refractivity contribution in [2.75, 3.05) is 23.9 Å². The first-order valence-electron chi connectivity index (χ1n) is 6.59. The zero-order chi connectivity index (χ0) is 15.5. The van der Waals surface area contributed by atoms with Crippen LogP contribution in [0.25, 0.3) is 0 Å². The summed E-state index contributed by atoms with van der Waals surface area (Å²) < 4.78 is 1.37. The molecule has 0 radical (unpaired) electrons. The standard InChI is InChI=1S/C13H24N4O2S/c1-8(2)6-17-10(14)9(11(18)16-12(17)19)15-7-13(3,4)20-5/h8,15H,6-7,14H2,1-5H3,(H,16,18,19). The normalized spacial score (nSPS) is 11.9. The van der Waals surface area contributed by atoms with Gasteiger partial charge in [0.05, 0.1) is 0 Å². The Balaban J connectivity index is 3.14. The number of hydrogen-bond acceptors (Lipinski definition) is 5. The fourth-order valence-corrected chi connectivity index (χ4v) is 1.89. The molecule has 6 nitrogen and oxygen atoms in total. The van der Waals surface area contributed by atoms with Crippen LogP contribution in [0.2, 0.25) is 0 Å². The van der Waals surface area contributed by atoms with E-state index in [4.69, 9.17) is 5.73 Å². The van der Waals surface area contributed by atoms with E-state index in [0.29, 0.717) is 13.1 Å². The number of nitrogen functional groups attached to an aromatic ring is 1. The Bertz CT molecular complexity index is 575. The monoisotopic (exact) mass is 300 g/mol. The minimum atomic E-state index is -0.468. The Hall–Kier alpha value is -1.37. The van der Waals surface area contributed by atoms with Crippen molar-refractivity contribution in [3.05, 3.63) is 20.8 Å². The molecule has 0 saturated heterocycles. The van der Waals surface area contributed by atoms with Crippen LogP contribution >= 0.6 is 11.8 Å². The van der Waals surface area contributed by atoms with Crippen LogP contribution in [0.5, 0.6) is 0 Å². The number of hydrogen-bond donors (Lipinski definition) is 3. The second kappa shape index (κ2) is 6.39. The van der Waals surface area contributed by atoms with Crippen molar-refractivity contribution in [2.24, 2.45) is 5.92 Å². The zero-order valence-electron chi connectivity index (χ0n) is 12.7. The zero-order valence-corrected chi connectivity index (χ0v) is 13.6. The maximum Gasteiger partial charge on any atom is 0.330 e. The Morgan fingerprint density at radius 1 is 1.40 bits per heavy atom. The van der Waals surface area contributed by atoms with E-state index in [-0.39, 0.29) is 22.2 Å². The van der Waals surface area contributed by atoms with Gasteiger partial charge in [-0.05, 0) is 26.0 Å². The van der Waals surface area contributed by atoms with Gasteiger partial charge in [0.2, 0.25) is 0 Å². The third kappa shape index (κ3) is 4.06. The first-order valence-corrected chi connectivity index (χ1v) is 7.82. The van der Waals surface area contributed by atoms with Gasteiger partial charge in [0.1, 0.15) is 11.5 Å². The Morgan fingerprint density at radius 3 is 2.50 bits per heavy atom. The number of H-pyrrole nitrogens is 1. The van der Waals surface area contributed by atoms with E-state index in [9.17, 15) is 9.59 Å². The van der Waals surface area contributed by atoms with E-state index in [0.717, 1.165) is 0 Å². The molecule has 4 N–H and O–H groups in total. The molecule has 0 unspecified atom stereocenters. The summed E-state index contributed by atoms with van der Waals surface area (Å²) in [6.45, 7) is 9.17. The van der Waals surface area contributed by atoms with Gasteiger partial charge in [-0.15, -0.1) is 0 Å². The number of rotatable bonds is 6. The summed E-state index contributed by atoms with van der Waals surface area (Å²) in [5.41, 5.74) is 5.32. The number of nitrogens with one attached hydrogen (secondary N) is 2. The lowest BCUT2D eigenvalue weighted by Crippen LogP contribution is -2.37. The molecule has 0 aliphatic heterocycles. The molecule has 0 atom stereocenters. The van der Waals surface area contributed by atoms with E-state index >= 15 is 0 Å². The quantitative estimate of drug-likeness (QED) is 0.737. The van der Waals surface area contributed by atoms with Crippen molar-refractivity contribution in [1.82, 2.24) is 9.55 Å². The van der Waals surface area contributed by atoms with Crippen LogP contribution in [0.1, 0.15) is 27.7 Å². The van der Waals surface area contributed by atoms with E-state index in [1.807, 2.05) is 20.1 Å². The highest BCUT2D eigenvalue weighted by atomic mass is 32.2. The second-order valence-electron chi connectivity index (χ2n) is 5.84. The van der Waals surface area contributed by atoms with Gasteiger partial charge in [0, 0.05) is 17.8 Å². The second-order valence-corrected chi connectivity index (χ2v) is 7.35. The van der Waals surface area contributed by atoms with Gasteiger partial charge in [0.25, 0.3) is 5.56 Å². The maximum atomic E-state index is 11.9. The van der Waals surface area contributed by atoms with Gasteiger partial charge in [0.15, 0.2) is 0 Å². The van der Waals surface area contributed by atoms with Gasteiger partial charge >= 0.3 is 5.69 Å². The van der Waals surface area contributed by atoms with Gasteiger partial charge in [-0.2, -0.15) is 11.8 Å². The van der Waals surface area contributed by atoms with E-state index < -0.39 is 11.2 Å². The molecule has 1 aromatic heterocycles. The summed E-state index contributed by atoms with van der Waals surface area (Å²) in [4.78, 5) is 26.0. The fourth-order valence-electron chi connectivity index (χ4n) is 1.68. The highest BCUT2D eigenvalue weighted by molar-refractivity contribution is 7.99. The fraction of sp³-hybridized carbons (Fsp3) is 0.692. The molecule has 0 aliphatic carbocycles. The summed E-state index contributed by atoms with van der Waals surface area (Å²) in [6.07, 6.45) is 2.01. The lowest BCUT2D eigenvalue weighted by Gasteiger charge is -2.23. The molecule has 0 aliphatic rings. The maximum absolute atomic E-state index is 11.9. The first-order chi connectivity index (χ1) is 9.18. The highest BCUT2D eigenvalue weighted by Gasteiger charge is 2.19. The lowest BCUT2D eigenvalue weighted by molar-refractivity contribution is 0.508. The first kappa shape index (κ1) is 16.7. The minimum absolute atomic E-state index is 0.0299. The number of aromatic nitrogens is 2. The molecule has 7 heteroatoms. The van der Waals surface area contributed by atoms with Crippen LogP contribution in [0.15, 0.2) is 9.59 Å². The van der Waals surface area contributed by atoms with Crippen molar-refractivity contribution in [2.45, 2.75) is 39.0 Å². The van der Waals surface area contributed by atoms with Crippen molar-refractivity contribution in [3.8, 4) is 0 Å². The van der Waals surface area contributed by atoms with Gasteiger partial charge < -0.3 is 11.1 Å². The average molecular weight is 300 g/mol. The minimum Gasteiger partial charge on any atom is -0.383 e. The molecule has 0 amide bonds. The smallest absolute Gasteiger partial charge is 0.330 e. The van der Waals surface area contributed by atoms with Crippen LogP contribution in [0.4, 0.5) is 11.5 Å². The lowest BCUT2D eigenvalue weighted by atomic mass is 10.2. The molecule has 0 aromatic carbocycles. The Morgan fingerprint density at radius 2 is 2.00 bits per heavy atom. The number of thioether (sulfide) groups is 1. The Kier molecular flexibility index (Phi) is 5.33. The molecular formula is C13H24N4O2S. The molecule has 0 fully saturated rings. The van der Waals surface area contributed by atoms with Crippen LogP contribution < -0.4 is 22.3 Å². The molecule has 1 heterocycles. The van der Waals surface area contributed by atoms with Crippen LogP contribution in [-0.2, 0) is 6.54 Å². The average Bonchev–Trinajstić information content (AvgIpc) is 2.33. The van der Waals surface area contributed by atoms with Crippen LogP contribution in [0.3, 0.4) is 0 Å². The largest absolute Gasteiger partial charge is 0.383 e. The third-order valence-electron chi connectivity index (χ3n) is 3.03. The number of nitrogens with two attached hydrogens (primary N) is 1. The molecule has 1 aromatic rings. The summed E-state index contributed by atoms with van der Waals surface area (Å²) >= 11 is 1.69. The molecule has 20 heavy (non-hydrogen) atoms. The van der Waals surface area contributed by atoms with Crippen LogP contribution in [-0.4, -0.2) is 27.1 Å². The summed E-state index contributed by atoms with van der Waals surface area (Å²) in [5.74, 6) is 0.459. The molecule has 0 spiro atoms. The summed E-state index contributed by atoms with van der Waals surface area (Å²) in [5, 5.41) is 3.06. The number of anilines is 2. The molecular weight excluding hydrogens is 276 g/mol. The highest BCUT2D eigenvalue weighted by Crippen LogP contribution is 2.22. The van der Waals surface area contributed by atoms with Crippen molar-refractivity contribution in [3.63, 3.8) is 0 Å². The van der Waals surface area contributed by atoms with Crippen molar-refractivity contribution >= 4 is 23.3 Å². The number of nitrogens with zero attached hydrogens (tertiary/aromatic N) is 1. The predicted molar refractivity (Wildman–Crippen MR) is 86.7 cm³/mol. The van der Waals surface area contributed by atoms with Gasteiger partial charge in [-0.25, -0.2) is 4.79 Å². The van der Waals surface area contributed by atoms with E-state index in [1.54, 1.807) is 11.8 Å². The number of aromatic amines is 1. The van der Waals surface area contributed by atoms with Crippen molar-refractivity contribution < 1.29 is 0 Å². The summed E-state index contributed by atoms with van der Waals surface area (Å²) in [6, 6.07) is 0. The molecule has 1 rings (SSSR count). The van der Waals surface area contributed by atoms with E-state index in [2.05, 4.69) is 24.1 Å². The predicted octanol–water partition coefficient (Wildman–Crippen LogP) is 1.33. The van der Waals surface area contributed by atoms with E-state index in [1.165, 1.54) is 4.57 Å². The van der Waals surface area contributed by atoms with Crippen LogP contribution in [0, 0.1) is 5.92 Å². The molecule has 0 bridgehead atoms. The van der Waals surface area contributed by atoms with Gasteiger partial charge in [-0.3, -0.25) is 14.3 Å².